The molecule has 4 fully saturated rings. The second-order valence-corrected chi connectivity index (χ2v) is 9.62. The second-order valence-electron chi connectivity index (χ2n) is 8.32. The third-order valence-corrected chi connectivity index (χ3v) is 7.88. The number of fused-ring (bicyclic) bond motifs is 1. The molecule has 0 amide bonds. The standard InChI is InChI=1S/C19H33BrN2/c20-15-12-10-14(11-13-15)19-21-17-8-4-5-9-18(17)22(19)16-6-2-1-3-7-16/h14-19,21H,1-13H2. The monoisotopic (exact) mass is 368 g/mol. The Kier molecular flexibility index (Phi) is 5.14. The van der Waals surface area contributed by atoms with Crippen molar-refractivity contribution in [3.63, 3.8) is 0 Å². The van der Waals surface area contributed by atoms with Gasteiger partial charge < -0.3 is 0 Å². The molecule has 1 aliphatic heterocycles. The highest BCUT2D eigenvalue weighted by molar-refractivity contribution is 9.09. The predicted octanol–water partition coefficient (Wildman–Crippen LogP) is 4.82. The molecule has 2 nitrogen and oxygen atoms in total. The average Bonchev–Trinajstić information content (AvgIpc) is 2.96. The number of halogens is 1. The van der Waals surface area contributed by atoms with E-state index in [0.29, 0.717) is 6.17 Å². The zero-order valence-corrected chi connectivity index (χ0v) is 15.6. The van der Waals surface area contributed by atoms with Gasteiger partial charge in [-0.25, -0.2) is 0 Å². The van der Waals surface area contributed by atoms with Crippen molar-refractivity contribution in [3.8, 4) is 0 Å². The van der Waals surface area contributed by atoms with Gasteiger partial charge >= 0.3 is 0 Å². The number of hydrogen-bond acceptors (Lipinski definition) is 2. The van der Waals surface area contributed by atoms with Gasteiger partial charge in [-0.3, -0.25) is 10.2 Å². The van der Waals surface area contributed by atoms with E-state index in [0.717, 1.165) is 28.9 Å². The molecule has 1 saturated heterocycles. The quantitative estimate of drug-likeness (QED) is 0.703. The molecule has 1 heterocycles. The molecule has 3 unspecified atom stereocenters. The Morgan fingerprint density at radius 2 is 1.41 bits per heavy atom. The molecular weight excluding hydrogens is 336 g/mol. The summed E-state index contributed by atoms with van der Waals surface area (Å²) in [5, 5.41) is 4.14. The van der Waals surface area contributed by atoms with E-state index in [1.54, 1.807) is 0 Å². The Bertz CT molecular complexity index is 360. The molecule has 3 aliphatic carbocycles. The van der Waals surface area contributed by atoms with Crippen molar-refractivity contribution >= 4 is 15.9 Å². The summed E-state index contributed by atoms with van der Waals surface area (Å²) in [6.45, 7) is 0. The number of rotatable bonds is 2. The van der Waals surface area contributed by atoms with Gasteiger partial charge in [-0.05, 0) is 57.3 Å². The molecular formula is C19H33BrN2. The van der Waals surface area contributed by atoms with Crippen LogP contribution in [-0.2, 0) is 0 Å². The van der Waals surface area contributed by atoms with Gasteiger partial charge in [0, 0.05) is 23.0 Å². The van der Waals surface area contributed by atoms with E-state index in [1.807, 2.05) is 0 Å². The first-order valence-electron chi connectivity index (χ1n) is 10.0. The van der Waals surface area contributed by atoms with Crippen LogP contribution in [0.25, 0.3) is 0 Å². The van der Waals surface area contributed by atoms with Crippen LogP contribution in [0, 0.1) is 5.92 Å². The summed E-state index contributed by atoms with van der Waals surface area (Å²) in [4.78, 5) is 3.82. The van der Waals surface area contributed by atoms with Gasteiger partial charge in [0.15, 0.2) is 0 Å². The predicted molar refractivity (Wildman–Crippen MR) is 96.4 cm³/mol. The molecule has 4 aliphatic rings. The van der Waals surface area contributed by atoms with Gasteiger partial charge in [0.25, 0.3) is 0 Å². The van der Waals surface area contributed by atoms with Crippen LogP contribution in [0.1, 0.15) is 83.5 Å². The van der Waals surface area contributed by atoms with E-state index >= 15 is 0 Å². The van der Waals surface area contributed by atoms with Crippen LogP contribution in [0.15, 0.2) is 0 Å². The Hall–Kier alpha value is 0.400. The first kappa shape index (κ1) is 15.9. The van der Waals surface area contributed by atoms with Crippen LogP contribution in [0.2, 0.25) is 0 Å². The van der Waals surface area contributed by atoms with Gasteiger partial charge in [-0.15, -0.1) is 0 Å². The summed E-state index contributed by atoms with van der Waals surface area (Å²) in [7, 11) is 0. The summed E-state index contributed by atoms with van der Waals surface area (Å²) in [5.41, 5.74) is 0. The lowest BCUT2D eigenvalue weighted by Crippen LogP contribution is -2.51. The Balaban J connectivity index is 1.51. The molecule has 3 heteroatoms. The smallest absolute Gasteiger partial charge is 0.0634 e. The summed E-state index contributed by atoms with van der Waals surface area (Å²) in [6, 6.07) is 2.56. The number of hydrogen-bond donors (Lipinski definition) is 1. The third kappa shape index (κ3) is 3.15. The van der Waals surface area contributed by atoms with Gasteiger partial charge in [-0.2, -0.15) is 0 Å². The fraction of sp³-hybridized carbons (Fsp3) is 1.00. The molecule has 126 valence electrons. The van der Waals surface area contributed by atoms with Crippen molar-refractivity contribution in [1.82, 2.24) is 10.2 Å². The summed E-state index contributed by atoms with van der Waals surface area (Å²) < 4.78 is 0. The zero-order chi connectivity index (χ0) is 14.9. The molecule has 1 N–H and O–H groups in total. The van der Waals surface area contributed by atoms with Crippen molar-refractivity contribution in [2.45, 2.75) is 113 Å². The molecule has 0 bridgehead atoms. The first-order chi connectivity index (χ1) is 10.8. The average molecular weight is 369 g/mol. The van der Waals surface area contributed by atoms with Crippen LogP contribution < -0.4 is 5.32 Å². The number of nitrogens with zero attached hydrogens (tertiary/aromatic N) is 1. The fourth-order valence-corrected chi connectivity index (χ4v) is 6.35. The van der Waals surface area contributed by atoms with Gasteiger partial charge in [0.05, 0.1) is 6.17 Å². The van der Waals surface area contributed by atoms with Crippen molar-refractivity contribution in [1.29, 1.82) is 0 Å². The van der Waals surface area contributed by atoms with Gasteiger partial charge in [0.2, 0.25) is 0 Å². The molecule has 4 rings (SSSR count). The maximum Gasteiger partial charge on any atom is 0.0634 e. The molecule has 0 aromatic rings. The number of nitrogens with one attached hydrogen (secondary N) is 1. The van der Waals surface area contributed by atoms with E-state index < -0.39 is 0 Å². The van der Waals surface area contributed by atoms with E-state index in [9.17, 15) is 0 Å². The maximum atomic E-state index is 4.14. The maximum absolute atomic E-state index is 4.14. The van der Waals surface area contributed by atoms with E-state index in [-0.39, 0.29) is 0 Å². The highest BCUT2D eigenvalue weighted by Crippen LogP contribution is 2.41. The van der Waals surface area contributed by atoms with Crippen molar-refractivity contribution in [3.05, 3.63) is 0 Å². The van der Waals surface area contributed by atoms with Crippen molar-refractivity contribution in [2.24, 2.45) is 5.92 Å². The Morgan fingerprint density at radius 3 is 2.18 bits per heavy atom. The largest absolute Gasteiger partial charge is 0.297 e. The van der Waals surface area contributed by atoms with Crippen LogP contribution in [0.3, 0.4) is 0 Å². The van der Waals surface area contributed by atoms with E-state index in [1.165, 1.54) is 83.5 Å². The van der Waals surface area contributed by atoms with E-state index in [4.69, 9.17) is 0 Å². The second kappa shape index (κ2) is 7.11. The lowest BCUT2D eigenvalue weighted by molar-refractivity contribution is 0.0459. The molecule has 0 spiro atoms. The van der Waals surface area contributed by atoms with Crippen molar-refractivity contribution in [2.75, 3.05) is 0 Å². The molecule has 0 aromatic heterocycles. The van der Waals surface area contributed by atoms with Crippen LogP contribution >= 0.6 is 15.9 Å². The van der Waals surface area contributed by atoms with Crippen molar-refractivity contribution < 1.29 is 0 Å². The zero-order valence-electron chi connectivity index (χ0n) is 14.0. The minimum Gasteiger partial charge on any atom is -0.297 e. The fourth-order valence-electron chi connectivity index (χ4n) is 5.83. The Labute approximate surface area is 144 Å². The molecule has 0 aromatic carbocycles. The molecule has 0 radical (unpaired) electrons. The molecule has 22 heavy (non-hydrogen) atoms. The minimum atomic E-state index is 0.705. The third-order valence-electron chi connectivity index (χ3n) is 6.96. The summed E-state index contributed by atoms with van der Waals surface area (Å²) >= 11 is 3.84. The SMILES string of the molecule is BrC1CCC(C2NC3CCCCC3N2C2CCCCC2)CC1. The number of alkyl halides is 1. The van der Waals surface area contributed by atoms with Crippen LogP contribution in [-0.4, -0.2) is 34.0 Å². The Morgan fingerprint density at radius 1 is 0.727 bits per heavy atom. The highest BCUT2D eigenvalue weighted by atomic mass is 79.9. The van der Waals surface area contributed by atoms with E-state index in [2.05, 4.69) is 26.1 Å². The lowest BCUT2D eigenvalue weighted by Gasteiger charge is -2.43. The normalized spacial score (nSPS) is 44.9. The highest BCUT2D eigenvalue weighted by Gasteiger charge is 2.47. The van der Waals surface area contributed by atoms with Gasteiger partial charge in [0.1, 0.15) is 0 Å². The molecule has 3 atom stereocenters. The lowest BCUT2D eigenvalue weighted by atomic mass is 9.84. The first-order valence-corrected chi connectivity index (χ1v) is 10.9. The van der Waals surface area contributed by atoms with Gasteiger partial charge in [-0.1, -0.05) is 48.0 Å². The topological polar surface area (TPSA) is 15.3 Å². The van der Waals surface area contributed by atoms with Crippen LogP contribution in [0.5, 0.6) is 0 Å². The van der Waals surface area contributed by atoms with Crippen LogP contribution in [0.4, 0.5) is 0 Å². The minimum absolute atomic E-state index is 0.705. The summed E-state index contributed by atoms with van der Waals surface area (Å²) in [5.74, 6) is 0.904. The molecule has 3 saturated carbocycles. The summed E-state index contributed by atoms with van der Waals surface area (Å²) in [6.07, 6.45) is 19.5.